The van der Waals surface area contributed by atoms with Gasteiger partial charge in [0.05, 0.1) is 5.60 Å². The molecule has 1 aliphatic heterocycles. The Morgan fingerprint density at radius 3 is 2.93 bits per heavy atom. The maximum Gasteiger partial charge on any atom is 0.0915 e. The van der Waals surface area contributed by atoms with Crippen molar-refractivity contribution in [3.8, 4) is 0 Å². The number of para-hydroxylation sites is 1. The number of anilines is 1. The number of β-amino-alcohol motifs (C(OH)–C–C–N with tert-alkyl or cyclic N) is 1. The number of aliphatic hydroxyl groups is 1. The number of fused-ring (bicyclic) bond motifs is 1. The fourth-order valence-electron chi connectivity index (χ4n) is 2.05. The van der Waals surface area contributed by atoms with E-state index in [1.54, 1.807) is 6.92 Å². The average Bonchev–Trinajstić information content (AvgIpc) is 2.62. The SMILES string of the molecule is CC(O)(CN)CN1CCc2ccccc21. The Morgan fingerprint density at radius 1 is 1.47 bits per heavy atom. The van der Waals surface area contributed by atoms with E-state index in [1.165, 1.54) is 11.3 Å². The molecule has 2 rings (SSSR count). The zero-order valence-electron chi connectivity index (χ0n) is 9.11. The lowest BCUT2D eigenvalue weighted by molar-refractivity contribution is 0.0765. The molecule has 0 aliphatic carbocycles. The van der Waals surface area contributed by atoms with Crippen LogP contribution in [0, 0.1) is 0 Å². The van der Waals surface area contributed by atoms with Crippen LogP contribution in [-0.4, -0.2) is 30.3 Å². The van der Waals surface area contributed by atoms with Gasteiger partial charge in [0.15, 0.2) is 0 Å². The Hall–Kier alpha value is -1.06. The van der Waals surface area contributed by atoms with Crippen molar-refractivity contribution in [2.45, 2.75) is 18.9 Å². The molecule has 0 saturated heterocycles. The second-order valence-corrected chi connectivity index (χ2v) is 4.50. The van der Waals surface area contributed by atoms with E-state index >= 15 is 0 Å². The Labute approximate surface area is 90.5 Å². The quantitative estimate of drug-likeness (QED) is 0.767. The predicted octanol–water partition coefficient (Wildman–Crippen LogP) is 0.759. The van der Waals surface area contributed by atoms with Gasteiger partial charge in [0.25, 0.3) is 0 Å². The number of nitrogens with zero attached hydrogens (tertiary/aromatic N) is 1. The van der Waals surface area contributed by atoms with Crippen LogP contribution in [-0.2, 0) is 6.42 Å². The van der Waals surface area contributed by atoms with Crippen LogP contribution in [0.3, 0.4) is 0 Å². The van der Waals surface area contributed by atoms with Gasteiger partial charge >= 0.3 is 0 Å². The van der Waals surface area contributed by atoms with E-state index in [0.29, 0.717) is 13.1 Å². The summed E-state index contributed by atoms with van der Waals surface area (Å²) in [4.78, 5) is 2.21. The van der Waals surface area contributed by atoms with Crippen molar-refractivity contribution in [3.63, 3.8) is 0 Å². The first kappa shape index (κ1) is 10.5. The highest BCUT2D eigenvalue weighted by Gasteiger charge is 2.26. The van der Waals surface area contributed by atoms with E-state index in [4.69, 9.17) is 5.73 Å². The molecular formula is C12H18N2O. The summed E-state index contributed by atoms with van der Waals surface area (Å²) in [6.45, 7) is 3.68. The van der Waals surface area contributed by atoms with Crippen LogP contribution >= 0.6 is 0 Å². The second-order valence-electron chi connectivity index (χ2n) is 4.50. The molecule has 0 saturated carbocycles. The molecule has 1 unspecified atom stereocenters. The van der Waals surface area contributed by atoms with Gasteiger partial charge in [-0.3, -0.25) is 0 Å². The van der Waals surface area contributed by atoms with Gasteiger partial charge in [-0.15, -0.1) is 0 Å². The molecule has 3 heteroatoms. The van der Waals surface area contributed by atoms with Gasteiger partial charge in [0.2, 0.25) is 0 Å². The van der Waals surface area contributed by atoms with Crippen molar-refractivity contribution >= 4 is 5.69 Å². The van der Waals surface area contributed by atoms with Crippen molar-refractivity contribution < 1.29 is 5.11 Å². The summed E-state index contributed by atoms with van der Waals surface area (Å²) in [5.41, 5.74) is 7.34. The van der Waals surface area contributed by atoms with Crippen LogP contribution in [0.5, 0.6) is 0 Å². The van der Waals surface area contributed by atoms with Crippen molar-refractivity contribution in [2.24, 2.45) is 5.73 Å². The van der Waals surface area contributed by atoms with Crippen LogP contribution < -0.4 is 10.6 Å². The molecule has 15 heavy (non-hydrogen) atoms. The molecule has 0 aromatic heterocycles. The van der Waals surface area contributed by atoms with Gasteiger partial charge in [-0.1, -0.05) is 18.2 Å². The van der Waals surface area contributed by atoms with Crippen LogP contribution in [0.15, 0.2) is 24.3 Å². The molecule has 0 fully saturated rings. The molecule has 1 aliphatic rings. The summed E-state index contributed by atoms with van der Waals surface area (Å²) in [5.74, 6) is 0. The van der Waals surface area contributed by atoms with E-state index in [1.807, 2.05) is 6.07 Å². The lowest BCUT2D eigenvalue weighted by atomic mass is 10.1. The fourth-order valence-corrected chi connectivity index (χ4v) is 2.05. The monoisotopic (exact) mass is 206 g/mol. The van der Waals surface area contributed by atoms with Crippen LogP contribution in [0.25, 0.3) is 0 Å². The molecule has 1 atom stereocenters. The van der Waals surface area contributed by atoms with Crippen LogP contribution in [0.2, 0.25) is 0 Å². The van der Waals surface area contributed by atoms with Gasteiger partial charge < -0.3 is 15.7 Å². The maximum absolute atomic E-state index is 9.94. The Bertz CT molecular complexity index is 349. The highest BCUT2D eigenvalue weighted by molar-refractivity contribution is 5.58. The number of nitrogens with two attached hydrogens (primary N) is 1. The molecule has 82 valence electrons. The number of hydrogen-bond donors (Lipinski definition) is 2. The standard InChI is InChI=1S/C12H18N2O/c1-12(15,8-13)9-14-7-6-10-4-2-3-5-11(10)14/h2-5,15H,6-9,13H2,1H3. The van der Waals surface area contributed by atoms with E-state index < -0.39 is 5.60 Å². The van der Waals surface area contributed by atoms with Gasteiger partial charge in [-0.25, -0.2) is 0 Å². The van der Waals surface area contributed by atoms with Gasteiger partial charge in [-0.05, 0) is 25.0 Å². The largest absolute Gasteiger partial charge is 0.387 e. The Morgan fingerprint density at radius 2 is 2.20 bits per heavy atom. The summed E-state index contributed by atoms with van der Waals surface area (Å²) in [6, 6.07) is 8.35. The zero-order chi connectivity index (χ0) is 10.9. The molecule has 1 aromatic rings. The third kappa shape index (κ3) is 2.13. The average molecular weight is 206 g/mol. The third-order valence-electron chi connectivity index (χ3n) is 2.95. The summed E-state index contributed by atoms with van der Waals surface area (Å²) < 4.78 is 0. The highest BCUT2D eigenvalue weighted by Crippen LogP contribution is 2.28. The number of rotatable bonds is 3. The van der Waals surface area contributed by atoms with Crippen LogP contribution in [0.4, 0.5) is 5.69 Å². The minimum atomic E-state index is -0.794. The molecule has 3 nitrogen and oxygen atoms in total. The molecule has 1 heterocycles. The number of benzene rings is 1. The van der Waals surface area contributed by atoms with E-state index in [-0.39, 0.29) is 0 Å². The third-order valence-corrected chi connectivity index (χ3v) is 2.95. The lowest BCUT2D eigenvalue weighted by Crippen LogP contribution is -2.45. The first-order valence-electron chi connectivity index (χ1n) is 5.38. The van der Waals surface area contributed by atoms with Crippen molar-refractivity contribution in [2.75, 3.05) is 24.5 Å². The minimum Gasteiger partial charge on any atom is -0.387 e. The Balaban J connectivity index is 2.14. The van der Waals surface area contributed by atoms with E-state index in [9.17, 15) is 5.11 Å². The van der Waals surface area contributed by atoms with Crippen LogP contribution in [0.1, 0.15) is 12.5 Å². The summed E-state index contributed by atoms with van der Waals surface area (Å²) in [6.07, 6.45) is 1.07. The molecule has 0 amide bonds. The topological polar surface area (TPSA) is 49.5 Å². The smallest absolute Gasteiger partial charge is 0.0915 e. The lowest BCUT2D eigenvalue weighted by Gasteiger charge is -2.29. The fraction of sp³-hybridized carbons (Fsp3) is 0.500. The normalized spacial score (nSPS) is 18.7. The van der Waals surface area contributed by atoms with Gasteiger partial charge in [0.1, 0.15) is 0 Å². The first-order chi connectivity index (χ1) is 7.12. The molecule has 0 bridgehead atoms. The van der Waals surface area contributed by atoms with Crippen molar-refractivity contribution in [3.05, 3.63) is 29.8 Å². The molecule has 3 N–H and O–H groups in total. The van der Waals surface area contributed by atoms with E-state index in [2.05, 4.69) is 23.1 Å². The summed E-state index contributed by atoms with van der Waals surface area (Å²) in [5, 5.41) is 9.94. The van der Waals surface area contributed by atoms with E-state index in [0.717, 1.165) is 13.0 Å². The van der Waals surface area contributed by atoms with Crippen molar-refractivity contribution in [1.82, 2.24) is 0 Å². The zero-order valence-corrected chi connectivity index (χ0v) is 9.11. The van der Waals surface area contributed by atoms with Crippen molar-refractivity contribution in [1.29, 1.82) is 0 Å². The highest BCUT2D eigenvalue weighted by atomic mass is 16.3. The molecule has 0 radical (unpaired) electrons. The number of hydrogen-bond acceptors (Lipinski definition) is 3. The van der Waals surface area contributed by atoms with Gasteiger partial charge in [0, 0.05) is 25.3 Å². The molecular weight excluding hydrogens is 188 g/mol. The summed E-state index contributed by atoms with van der Waals surface area (Å²) in [7, 11) is 0. The maximum atomic E-state index is 9.94. The molecule has 1 aromatic carbocycles. The minimum absolute atomic E-state index is 0.297. The van der Waals surface area contributed by atoms with Gasteiger partial charge in [-0.2, -0.15) is 0 Å². The predicted molar refractivity (Wildman–Crippen MR) is 62.0 cm³/mol. The molecule has 0 spiro atoms. The second kappa shape index (κ2) is 3.83. The Kier molecular flexibility index (Phi) is 2.67. The summed E-state index contributed by atoms with van der Waals surface area (Å²) >= 11 is 0. The first-order valence-corrected chi connectivity index (χ1v) is 5.38.